The van der Waals surface area contributed by atoms with E-state index in [0.29, 0.717) is 25.9 Å². The van der Waals surface area contributed by atoms with E-state index >= 15 is 0 Å². The number of piperidine rings is 1. The molecule has 1 aliphatic heterocycles. The second-order valence-electron chi connectivity index (χ2n) is 6.85. The van der Waals surface area contributed by atoms with E-state index in [1.807, 2.05) is 45.0 Å². The standard InChI is InChI=1S/C17H24BrN3O3/c1-17(2,3)24-16(23)21-9-7-13(8-10-21)19-15(22)20-14-6-4-5-12(18)11-14/h4-6,11,13H,7-10H2,1-3H3,(H2,19,20,22). The molecule has 24 heavy (non-hydrogen) atoms. The maximum atomic E-state index is 12.1. The summed E-state index contributed by atoms with van der Waals surface area (Å²) in [6.45, 7) is 6.72. The molecule has 7 heteroatoms. The Labute approximate surface area is 151 Å². The van der Waals surface area contributed by atoms with Crippen LogP contribution in [-0.4, -0.2) is 41.8 Å². The first kappa shape index (κ1) is 18.6. The number of carbonyl (C=O) groups is 2. The van der Waals surface area contributed by atoms with Crippen molar-refractivity contribution in [1.29, 1.82) is 0 Å². The van der Waals surface area contributed by atoms with Crippen LogP contribution in [0.4, 0.5) is 15.3 Å². The summed E-state index contributed by atoms with van der Waals surface area (Å²) in [5.74, 6) is 0. The van der Waals surface area contributed by atoms with E-state index in [2.05, 4.69) is 26.6 Å². The van der Waals surface area contributed by atoms with Gasteiger partial charge in [0.05, 0.1) is 0 Å². The number of likely N-dealkylation sites (tertiary alicyclic amines) is 1. The fraction of sp³-hybridized carbons (Fsp3) is 0.529. The van der Waals surface area contributed by atoms with Crippen molar-refractivity contribution in [3.8, 4) is 0 Å². The van der Waals surface area contributed by atoms with E-state index in [1.165, 1.54) is 0 Å². The van der Waals surface area contributed by atoms with Crippen LogP contribution in [0.1, 0.15) is 33.6 Å². The highest BCUT2D eigenvalue weighted by Gasteiger charge is 2.27. The molecule has 6 nitrogen and oxygen atoms in total. The van der Waals surface area contributed by atoms with Gasteiger partial charge in [-0.05, 0) is 51.8 Å². The Morgan fingerprint density at radius 3 is 2.50 bits per heavy atom. The van der Waals surface area contributed by atoms with Crippen LogP contribution in [0.15, 0.2) is 28.7 Å². The molecule has 2 rings (SSSR count). The van der Waals surface area contributed by atoms with Gasteiger partial charge in [0.2, 0.25) is 0 Å². The topological polar surface area (TPSA) is 70.7 Å². The Kier molecular flexibility index (Phi) is 6.10. The molecule has 1 aliphatic rings. The van der Waals surface area contributed by atoms with Gasteiger partial charge in [-0.15, -0.1) is 0 Å². The highest BCUT2D eigenvalue weighted by atomic mass is 79.9. The second-order valence-corrected chi connectivity index (χ2v) is 7.77. The number of carbonyl (C=O) groups excluding carboxylic acids is 2. The molecule has 1 saturated heterocycles. The van der Waals surface area contributed by atoms with Gasteiger partial charge in [-0.2, -0.15) is 0 Å². The first-order valence-corrected chi connectivity index (χ1v) is 8.83. The van der Waals surface area contributed by atoms with Crippen molar-refractivity contribution >= 4 is 33.7 Å². The average molecular weight is 398 g/mol. The Hall–Kier alpha value is -1.76. The number of hydrogen-bond acceptors (Lipinski definition) is 3. The van der Waals surface area contributed by atoms with Gasteiger partial charge in [-0.25, -0.2) is 9.59 Å². The third kappa shape index (κ3) is 6.03. The maximum Gasteiger partial charge on any atom is 0.410 e. The van der Waals surface area contributed by atoms with Gasteiger partial charge >= 0.3 is 12.1 Å². The predicted octanol–water partition coefficient (Wildman–Crippen LogP) is 3.97. The summed E-state index contributed by atoms with van der Waals surface area (Å²) in [6.07, 6.45) is 1.13. The third-order valence-electron chi connectivity index (χ3n) is 3.56. The summed E-state index contributed by atoms with van der Waals surface area (Å²) in [4.78, 5) is 25.8. The highest BCUT2D eigenvalue weighted by Crippen LogP contribution is 2.17. The number of halogens is 1. The molecule has 1 heterocycles. The van der Waals surface area contributed by atoms with Crippen LogP contribution in [0.25, 0.3) is 0 Å². The summed E-state index contributed by atoms with van der Waals surface area (Å²) >= 11 is 3.37. The Bertz CT molecular complexity index is 593. The zero-order valence-electron chi connectivity index (χ0n) is 14.3. The van der Waals surface area contributed by atoms with Gasteiger partial charge in [0, 0.05) is 29.3 Å². The summed E-state index contributed by atoms with van der Waals surface area (Å²) in [5.41, 5.74) is 0.240. The van der Waals surface area contributed by atoms with Crippen molar-refractivity contribution in [3.05, 3.63) is 28.7 Å². The molecular weight excluding hydrogens is 374 g/mol. The van der Waals surface area contributed by atoms with Crippen LogP contribution < -0.4 is 10.6 Å². The maximum absolute atomic E-state index is 12.1. The minimum Gasteiger partial charge on any atom is -0.444 e. The molecule has 3 amide bonds. The number of benzene rings is 1. The molecule has 0 atom stereocenters. The summed E-state index contributed by atoms with van der Waals surface area (Å²) < 4.78 is 6.27. The van der Waals surface area contributed by atoms with E-state index in [4.69, 9.17) is 4.74 Å². The van der Waals surface area contributed by atoms with Gasteiger partial charge < -0.3 is 20.3 Å². The molecular formula is C17H24BrN3O3. The number of rotatable bonds is 2. The number of amides is 3. The lowest BCUT2D eigenvalue weighted by Gasteiger charge is -2.33. The van der Waals surface area contributed by atoms with Crippen molar-refractivity contribution in [2.45, 2.75) is 45.3 Å². The van der Waals surface area contributed by atoms with Crippen LogP contribution in [-0.2, 0) is 4.74 Å². The summed E-state index contributed by atoms with van der Waals surface area (Å²) in [5, 5.41) is 5.76. The van der Waals surface area contributed by atoms with Crippen molar-refractivity contribution in [1.82, 2.24) is 10.2 Å². The van der Waals surface area contributed by atoms with Gasteiger partial charge in [0.15, 0.2) is 0 Å². The molecule has 1 fully saturated rings. The molecule has 0 saturated carbocycles. The zero-order valence-corrected chi connectivity index (χ0v) is 15.9. The SMILES string of the molecule is CC(C)(C)OC(=O)N1CCC(NC(=O)Nc2cccc(Br)c2)CC1. The van der Waals surface area contributed by atoms with E-state index < -0.39 is 5.60 Å². The molecule has 0 radical (unpaired) electrons. The minimum absolute atomic E-state index is 0.0517. The average Bonchev–Trinajstić information content (AvgIpc) is 2.46. The van der Waals surface area contributed by atoms with Crippen molar-refractivity contribution in [2.75, 3.05) is 18.4 Å². The number of urea groups is 1. The molecule has 1 aromatic rings. The lowest BCUT2D eigenvalue weighted by Crippen LogP contribution is -2.48. The van der Waals surface area contributed by atoms with E-state index in [0.717, 1.165) is 10.2 Å². The fourth-order valence-corrected chi connectivity index (χ4v) is 2.85. The lowest BCUT2D eigenvalue weighted by molar-refractivity contribution is 0.0202. The predicted molar refractivity (Wildman–Crippen MR) is 97.1 cm³/mol. The second kappa shape index (κ2) is 7.88. The zero-order chi connectivity index (χ0) is 17.7. The van der Waals surface area contributed by atoms with Crippen LogP contribution in [0.2, 0.25) is 0 Å². The largest absolute Gasteiger partial charge is 0.444 e. The fourth-order valence-electron chi connectivity index (χ4n) is 2.45. The van der Waals surface area contributed by atoms with E-state index in [1.54, 1.807) is 4.90 Å². The van der Waals surface area contributed by atoms with Gasteiger partial charge in [0.1, 0.15) is 5.60 Å². The van der Waals surface area contributed by atoms with Crippen LogP contribution in [0.5, 0.6) is 0 Å². The van der Waals surface area contributed by atoms with Crippen LogP contribution in [0.3, 0.4) is 0 Å². The Morgan fingerprint density at radius 1 is 1.25 bits per heavy atom. The quantitative estimate of drug-likeness (QED) is 0.792. The van der Waals surface area contributed by atoms with Crippen molar-refractivity contribution in [3.63, 3.8) is 0 Å². The monoisotopic (exact) mass is 397 g/mol. The first-order chi connectivity index (χ1) is 11.2. The van der Waals surface area contributed by atoms with Crippen molar-refractivity contribution < 1.29 is 14.3 Å². The lowest BCUT2D eigenvalue weighted by atomic mass is 10.1. The van der Waals surface area contributed by atoms with Crippen LogP contribution in [0, 0.1) is 0 Å². The molecule has 0 aromatic heterocycles. The van der Waals surface area contributed by atoms with Gasteiger partial charge in [-0.1, -0.05) is 22.0 Å². The molecule has 0 bridgehead atoms. The number of nitrogens with one attached hydrogen (secondary N) is 2. The molecule has 1 aromatic carbocycles. The van der Waals surface area contributed by atoms with E-state index in [9.17, 15) is 9.59 Å². The molecule has 0 unspecified atom stereocenters. The Morgan fingerprint density at radius 2 is 1.92 bits per heavy atom. The number of nitrogens with zero attached hydrogens (tertiary/aromatic N) is 1. The van der Waals surface area contributed by atoms with Gasteiger partial charge in [-0.3, -0.25) is 0 Å². The molecule has 0 spiro atoms. The summed E-state index contributed by atoms with van der Waals surface area (Å²) in [6, 6.07) is 7.24. The molecule has 132 valence electrons. The molecule has 2 N–H and O–H groups in total. The smallest absolute Gasteiger partial charge is 0.410 e. The minimum atomic E-state index is -0.490. The number of hydrogen-bond donors (Lipinski definition) is 2. The van der Waals surface area contributed by atoms with Crippen molar-refractivity contribution in [2.24, 2.45) is 0 Å². The third-order valence-corrected chi connectivity index (χ3v) is 4.06. The van der Waals surface area contributed by atoms with Gasteiger partial charge in [0.25, 0.3) is 0 Å². The summed E-state index contributed by atoms with van der Waals surface area (Å²) in [7, 11) is 0. The number of ether oxygens (including phenoxy) is 1. The normalized spacial score (nSPS) is 15.8. The first-order valence-electron chi connectivity index (χ1n) is 8.04. The molecule has 0 aliphatic carbocycles. The Balaban J connectivity index is 1.76. The highest BCUT2D eigenvalue weighted by molar-refractivity contribution is 9.10. The van der Waals surface area contributed by atoms with Crippen LogP contribution >= 0.6 is 15.9 Å². The van der Waals surface area contributed by atoms with E-state index in [-0.39, 0.29) is 18.2 Å². The number of anilines is 1.